The van der Waals surface area contributed by atoms with Crippen LogP contribution in [0, 0.1) is 0 Å². The van der Waals surface area contributed by atoms with E-state index < -0.39 is 0 Å². The number of aromatic nitrogens is 5. The number of para-hydroxylation sites is 1. The molecule has 0 spiro atoms. The van der Waals surface area contributed by atoms with Crippen LogP contribution in [0.15, 0.2) is 70.9 Å². The van der Waals surface area contributed by atoms with Gasteiger partial charge in [-0.15, -0.1) is 5.10 Å². The lowest BCUT2D eigenvalue weighted by molar-refractivity contribution is 0.171. The molecule has 0 radical (unpaired) electrons. The zero-order valence-corrected chi connectivity index (χ0v) is 19.7. The zero-order valence-electron chi connectivity index (χ0n) is 18.9. The molecule has 176 valence electrons. The van der Waals surface area contributed by atoms with Crippen molar-refractivity contribution in [2.45, 2.75) is 17.5 Å². The number of thioether (sulfide) groups is 1. The number of pyridine rings is 1. The van der Waals surface area contributed by atoms with Crippen molar-refractivity contribution < 1.29 is 14.2 Å². The molecule has 0 saturated heterocycles. The van der Waals surface area contributed by atoms with Gasteiger partial charge < -0.3 is 18.8 Å². The van der Waals surface area contributed by atoms with E-state index in [-0.39, 0.29) is 5.56 Å². The van der Waals surface area contributed by atoms with E-state index in [0.29, 0.717) is 47.3 Å². The van der Waals surface area contributed by atoms with Gasteiger partial charge in [0.1, 0.15) is 19.0 Å². The Hall–Kier alpha value is -4.05. The minimum atomic E-state index is -0.149. The fraction of sp³-hybridized carbons (Fsp3) is 0.200. The first-order chi connectivity index (χ1) is 17.2. The number of nitrogens with zero attached hydrogens (tertiary/aromatic N) is 5. The van der Waals surface area contributed by atoms with Crippen LogP contribution in [0.3, 0.4) is 0 Å². The van der Waals surface area contributed by atoms with Gasteiger partial charge in [-0.2, -0.15) is 9.50 Å². The SMILES string of the molecule is COc1ccccc1Cn1ccc2c(cnc3nc(SCc4ccc5c(c4)OCCO5)nn32)c1=O. The Kier molecular flexibility index (Phi) is 5.49. The summed E-state index contributed by atoms with van der Waals surface area (Å²) in [5.41, 5.74) is 2.51. The number of ether oxygens (including phenoxy) is 3. The van der Waals surface area contributed by atoms with Crippen molar-refractivity contribution in [3.05, 3.63) is 82.4 Å². The van der Waals surface area contributed by atoms with E-state index in [4.69, 9.17) is 14.2 Å². The molecule has 0 atom stereocenters. The average Bonchev–Trinajstić information content (AvgIpc) is 3.33. The molecule has 0 aliphatic carbocycles. The van der Waals surface area contributed by atoms with E-state index >= 15 is 0 Å². The minimum absolute atomic E-state index is 0.149. The molecular formula is C25H21N5O4S. The average molecular weight is 488 g/mol. The van der Waals surface area contributed by atoms with E-state index in [2.05, 4.69) is 15.1 Å². The molecule has 0 amide bonds. The molecule has 35 heavy (non-hydrogen) atoms. The molecule has 6 rings (SSSR count). The van der Waals surface area contributed by atoms with Crippen LogP contribution >= 0.6 is 11.8 Å². The van der Waals surface area contributed by atoms with Crippen LogP contribution in [-0.2, 0) is 12.3 Å². The summed E-state index contributed by atoms with van der Waals surface area (Å²) in [6.07, 6.45) is 3.33. The molecule has 0 bridgehead atoms. The Bertz CT molecular complexity index is 1610. The van der Waals surface area contributed by atoms with Gasteiger partial charge in [-0.05, 0) is 29.8 Å². The number of fused-ring (bicyclic) bond motifs is 4. The van der Waals surface area contributed by atoms with Crippen LogP contribution in [0.2, 0.25) is 0 Å². The van der Waals surface area contributed by atoms with Crippen molar-refractivity contribution in [3.8, 4) is 17.2 Å². The molecule has 1 aliphatic rings. The van der Waals surface area contributed by atoms with Crippen LogP contribution in [0.5, 0.6) is 17.2 Å². The van der Waals surface area contributed by atoms with Crippen LogP contribution in [0.25, 0.3) is 16.7 Å². The minimum Gasteiger partial charge on any atom is -0.496 e. The van der Waals surface area contributed by atoms with E-state index in [9.17, 15) is 4.79 Å². The zero-order chi connectivity index (χ0) is 23.8. The normalized spacial score (nSPS) is 12.8. The Morgan fingerprint density at radius 3 is 2.83 bits per heavy atom. The summed E-state index contributed by atoms with van der Waals surface area (Å²) in [6.45, 7) is 1.51. The second-order valence-corrected chi connectivity index (χ2v) is 8.93. The van der Waals surface area contributed by atoms with Crippen molar-refractivity contribution in [3.63, 3.8) is 0 Å². The Morgan fingerprint density at radius 1 is 1.09 bits per heavy atom. The highest BCUT2D eigenvalue weighted by atomic mass is 32.2. The summed E-state index contributed by atoms with van der Waals surface area (Å²) in [6, 6.07) is 15.4. The summed E-state index contributed by atoms with van der Waals surface area (Å²) < 4.78 is 19.9. The van der Waals surface area contributed by atoms with E-state index in [1.807, 2.05) is 48.5 Å². The summed E-state index contributed by atoms with van der Waals surface area (Å²) in [5, 5.41) is 5.66. The van der Waals surface area contributed by atoms with Gasteiger partial charge in [0.25, 0.3) is 11.3 Å². The highest BCUT2D eigenvalue weighted by Gasteiger charge is 2.15. The monoisotopic (exact) mass is 487 g/mol. The van der Waals surface area contributed by atoms with Crippen molar-refractivity contribution >= 4 is 28.4 Å². The lowest BCUT2D eigenvalue weighted by Crippen LogP contribution is -2.21. The van der Waals surface area contributed by atoms with Gasteiger partial charge in [0.2, 0.25) is 5.16 Å². The van der Waals surface area contributed by atoms with E-state index in [0.717, 1.165) is 28.4 Å². The van der Waals surface area contributed by atoms with Crippen LogP contribution in [0.1, 0.15) is 11.1 Å². The lowest BCUT2D eigenvalue weighted by Gasteiger charge is -2.18. The first-order valence-electron chi connectivity index (χ1n) is 11.1. The molecule has 2 aromatic carbocycles. The van der Waals surface area contributed by atoms with Crippen molar-refractivity contribution in [1.29, 1.82) is 0 Å². The first-order valence-corrected chi connectivity index (χ1v) is 12.1. The summed E-state index contributed by atoms with van der Waals surface area (Å²) in [5.74, 6) is 3.38. The van der Waals surface area contributed by atoms with Gasteiger partial charge in [-0.1, -0.05) is 36.0 Å². The quantitative estimate of drug-likeness (QED) is 0.336. The third kappa shape index (κ3) is 4.06. The number of benzene rings is 2. The van der Waals surface area contributed by atoms with Crippen molar-refractivity contribution in [2.75, 3.05) is 20.3 Å². The summed E-state index contributed by atoms with van der Waals surface area (Å²) in [4.78, 5) is 22.1. The fourth-order valence-electron chi connectivity index (χ4n) is 4.07. The van der Waals surface area contributed by atoms with Crippen LogP contribution in [-0.4, -0.2) is 44.5 Å². The predicted octanol–water partition coefficient (Wildman–Crippen LogP) is 3.56. The van der Waals surface area contributed by atoms with E-state index in [1.54, 1.807) is 28.6 Å². The Labute approximate surface area is 204 Å². The number of hydrogen-bond donors (Lipinski definition) is 0. The molecule has 0 fully saturated rings. The number of rotatable bonds is 6. The summed E-state index contributed by atoms with van der Waals surface area (Å²) >= 11 is 1.50. The van der Waals surface area contributed by atoms with Crippen molar-refractivity contribution in [2.24, 2.45) is 0 Å². The molecule has 4 heterocycles. The Balaban J connectivity index is 1.28. The molecule has 9 nitrogen and oxygen atoms in total. The smallest absolute Gasteiger partial charge is 0.261 e. The van der Waals surface area contributed by atoms with Crippen molar-refractivity contribution in [1.82, 2.24) is 24.1 Å². The molecule has 0 unspecified atom stereocenters. The summed E-state index contributed by atoms with van der Waals surface area (Å²) in [7, 11) is 1.62. The molecule has 5 aromatic rings. The number of hydrogen-bond acceptors (Lipinski definition) is 8. The van der Waals surface area contributed by atoms with Gasteiger partial charge in [-0.3, -0.25) is 4.79 Å². The van der Waals surface area contributed by atoms with Gasteiger partial charge >= 0.3 is 0 Å². The first kappa shape index (κ1) is 21.5. The predicted molar refractivity (Wildman–Crippen MR) is 132 cm³/mol. The molecule has 1 aliphatic heterocycles. The highest BCUT2D eigenvalue weighted by molar-refractivity contribution is 7.98. The largest absolute Gasteiger partial charge is 0.496 e. The van der Waals surface area contributed by atoms with Gasteiger partial charge in [-0.25, -0.2) is 4.98 Å². The van der Waals surface area contributed by atoms with Crippen LogP contribution < -0.4 is 19.8 Å². The number of methoxy groups -OCH3 is 1. The van der Waals surface area contributed by atoms with Gasteiger partial charge in [0.05, 0.1) is 24.6 Å². The lowest BCUT2D eigenvalue weighted by atomic mass is 10.2. The Morgan fingerprint density at radius 2 is 1.94 bits per heavy atom. The molecule has 10 heteroatoms. The topological polar surface area (TPSA) is 92.8 Å². The maximum atomic E-state index is 13.2. The molecule has 3 aromatic heterocycles. The van der Waals surface area contributed by atoms with E-state index in [1.165, 1.54) is 11.8 Å². The molecule has 0 saturated carbocycles. The fourth-order valence-corrected chi connectivity index (χ4v) is 4.83. The van der Waals surface area contributed by atoms with Crippen LogP contribution in [0.4, 0.5) is 0 Å². The third-order valence-electron chi connectivity index (χ3n) is 5.80. The van der Waals surface area contributed by atoms with Gasteiger partial charge in [0, 0.05) is 23.7 Å². The highest BCUT2D eigenvalue weighted by Crippen LogP contribution is 2.32. The maximum absolute atomic E-state index is 13.2. The standard InChI is InChI=1S/C25H21N5O4S/c1-32-20-5-3-2-4-17(20)14-29-9-8-19-18(23(29)31)13-26-24-27-25(28-30(19)24)35-15-16-6-7-21-22(12-16)34-11-10-33-21/h2-9,12-13H,10-11,14-15H2,1H3. The molecular weight excluding hydrogens is 466 g/mol. The molecule has 0 N–H and O–H groups in total. The van der Waals surface area contributed by atoms with Gasteiger partial charge in [0.15, 0.2) is 11.5 Å². The third-order valence-corrected chi connectivity index (χ3v) is 6.70. The maximum Gasteiger partial charge on any atom is 0.261 e. The second kappa shape index (κ2) is 8.95. The second-order valence-electron chi connectivity index (χ2n) is 7.99.